The molecule has 2 aromatic rings. The van der Waals surface area contributed by atoms with E-state index in [2.05, 4.69) is 10.6 Å². The van der Waals surface area contributed by atoms with Crippen LogP contribution in [0.2, 0.25) is 0 Å². The van der Waals surface area contributed by atoms with E-state index in [1.807, 2.05) is 32.9 Å². The SMILES string of the molecule is COc1ccccc1NC(=O)C(=O)NCC[C@@H]1CCCCN1S(=O)(=O)c1c(C)cc(C)cc1C. The van der Waals surface area contributed by atoms with Gasteiger partial charge in [0, 0.05) is 19.1 Å². The summed E-state index contributed by atoms with van der Waals surface area (Å²) in [6.07, 6.45) is 2.86. The minimum Gasteiger partial charge on any atom is -0.495 e. The fourth-order valence-electron chi connectivity index (χ4n) is 4.63. The lowest BCUT2D eigenvalue weighted by Gasteiger charge is -2.35. The van der Waals surface area contributed by atoms with Crippen molar-refractivity contribution in [2.75, 3.05) is 25.5 Å². The largest absolute Gasteiger partial charge is 0.495 e. The number of ether oxygens (including phenoxy) is 1. The fraction of sp³-hybridized carbons (Fsp3) is 0.440. The van der Waals surface area contributed by atoms with Gasteiger partial charge in [-0.25, -0.2) is 8.42 Å². The molecule has 0 bridgehead atoms. The minimum atomic E-state index is -3.68. The highest BCUT2D eigenvalue weighted by Crippen LogP contribution is 2.31. The topological polar surface area (TPSA) is 105 Å². The van der Waals surface area contributed by atoms with E-state index in [-0.39, 0.29) is 12.6 Å². The van der Waals surface area contributed by atoms with E-state index in [1.165, 1.54) is 7.11 Å². The molecule has 0 radical (unpaired) electrons. The molecule has 2 aromatic carbocycles. The van der Waals surface area contributed by atoms with Crippen LogP contribution in [0.15, 0.2) is 41.3 Å². The molecule has 0 aliphatic carbocycles. The number of para-hydroxylation sites is 2. The Kier molecular flexibility index (Phi) is 8.33. The van der Waals surface area contributed by atoms with Crippen LogP contribution >= 0.6 is 0 Å². The molecule has 2 N–H and O–H groups in total. The summed E-state index contributed by atoms with van der Waals surface area (Å²) in [7, 11) is -2.20. The van der Waals surface area contributed by atoms with Gasteiger partial charge in [-0.05, 0) is 63.3 Å². The van der Waals surface area contributed by atoms with Gasteiger partial charge in [-0.1, -0.05) is 36.2 Å². The molecule has 2 amide bonds. The molecule has 1 atom stereocenters. The lowest BCUT2D eigenvalue weighted by Crippen LogP contribution is -2.46. The molecule has 9 heteroatoms. The number of nitrogens with one attached hydrogen (secondary N) is 2. The molecule has 0 saturated carbocycles. The lowest BCUT2D eigenvalue weighted by molar-refractivity contribution is -0.136. The molecule has 1 fully saturated rings. The number of methoxy groups -OCH3 is 1. The van der Waals surface area contributed by atoms with Gasteiger partial charge in [-0.2, -0.15) is 4.31 Å². The first-order valence-corrected chi connectivity index (χ1v) is 12.9. The highest BCUT2D eigenvalue weighted by atomic mass is 32.2. The molecule has 0 spiro atoms. The van der Waals surface area contributed by atoms with Crippen molar-refractivity contribution in [1.82, 2.24) is 9.62 Å². The maximum atomic E-state index is 13.6. The molecule has 0 aromatic heterocycles. The van der Waals surface area contributed by atoms with Crippen LogP contribution < -0.4 is 15.4 Å². The Morgan fingerprint density at radius 3 is 2.41 bits per heavy atom. The van der Waals surface area contributed by atoms with Crippen LogP contribution in [0.3, 0.4) is 0 Å². The first-order valence-electron chi connectivity index (χ1n) is 11.5. The van der Waals surface area contributed by atoms with Crippen molar-refractivity contribution < 1.29 is 22.7 Å². The number of carbonyl (C=O) groups is 2. The molecule has 1 saturated heterocycles. The van der Waals surface area contributed by atoms with Crippen LogP contribution in [0.25, 0.3) is 0 Å². The second kappa shape index (κ2) is 11.0. The zero-order valence-corrected chi connectivity index (χ0v) is 21.0. The van der Waals surface area contributed by atoms with E-state index in [4.69, 9.17) is 4.74 Å². The zero-order valence-electron chi connectivity index (χ0n) is 20.2. The van der Waals surface area contributed by atoms with Gasteiger partial charge in [-0.3, -0.25) is 9.59 Å². The first kappa shape index (κ1) is 25.7. The highest BCUT2D eigenvalue weighted by molar-refractivity contribution is 7.89. The summed E-state index contributed by atoms with van der Waals surface area (Å²) in [5, 5.41) is 5.16. The van der Waals surface area contributed by atoms with Gasteiger partial charge in [0.25, 0.3) is 0 Å². The number of piperidine rings is 1. The van der Waals surface area contributed by atoms with Gasteiger partial charge in [-0.15, -0.1) is 0 Å². The average Bonchev–Trinajstić information content (AvgIpc) is 2.78. The number of benzene rings is 2. The number of nitrogens with zero attached hydrogens (tertiary/aromatic N) is 1. The average molecular weight is 488 g/mol. The van der Waals surface area contributed by atoms with Crippen molar-refractivity contribution >= 4 is 27.5 Å². The van der Waals surface area contributed by atoms with E-state index in [9.17, 15) is 18.0 Å². The van der Waals surface area contributed by atoms with E-state index >= 15 is 0 Å². The fourth-order valence-corrected chi connectivity index (χ4v) is 6.77. The molecule has 1 heterocycles. The quantitative estimate of drug-likeness (QED) is 0.583. The van der Waals surface area contributed by atoms with Gasteiger partial charge >= 0.3 is 11.8 Å². The van der Waals surface area contributed by atoms with Gasteiger partial charge in [0.2, 0.25) is 10.0 Å². The van der Waals surface area contributed by atoms with Crippen LogP contribution in [0.5, 0.6) is 5.75 Å². The Morgan fingerprint density at radius 1 is 1.06 bits per heavy atom. The summed E-state index contributed by atoms with van der Waals surface area (Å²) < 4.78 is 33.9. The molecule has 184 valence electrons. The number of carbonyl (C=O) groups excluding carboxylic acids is 2. The zero-order chi connectivity index (χ0) is 24.9. The van der Waals surface area contributed by atoms with Crippen LogP contribution in [-0.4, -0.2) is 50.8 Å². The van der Waals surface area contributed by atoms with E-state index in [0.29, 0.717) is 35.7 Å². The van der Waals surface area contributed by atoms with Crippen LogP contribution in [-0.2, 0) is 19.6 Å². The van der Waals surface area contributed by atoms with E-state index in [0.717, 1.165) is 29.5 Å². The molecule has 8 nitrogen and oxygen atoms in total. The lowest BCUT2D eigenvalue weighted by atomic mass is 10.0. The van der Waals surface area contributed by atoms with Crippen molar-refractivity contribution in [3.05, 3.63) is 53.1 Å². The number of hydrogen-bond acceptors (Lipinski definition) is 5. The third-order valence-electron chi connectivity index (χ3n) is 6.07. The summed E-state index contributed by atoms with van der Waals surface area (Å²) in [6.45, 7) is 6.24. The van der Waals surface area contributed by atoms with Crippen LogP contribution in [0, 0.1) is 20.8 Å². The summed E-state index contributed by atoms with van der Waals surface area (Å²) >= 11 is 0. The van der Waals surface area contributed by atoms with Crippen LogP contribution in [0.1, 0.15) is 42.4 Å². The maximum absolute atomic E-state index is 13.6. The molecular weight excluding hydrogens is 454 g/mol. The first-order chi connectivity index (χ1) is 16.1. The molecule has 1 aliphatic rings. The summed E-state index contributed by atoms with van der Waals surface area (Å²) in [4.78, 5) is 25.0. The smallest absolute Gasteiger partial charge is 0.313 e. The predicted octanol–water partition coefficient (Wildman–Crippen LogP) is 3.31. The van der Waals surface area contributed by atoms with E-state index in [1.54, 1.807) is 28.6 Å². The second-order valence-corrected chi connectivity index (χ2v) is 10.5. The Bertz CT molecular complexity index is 1140. The molecule has 1 aliphatic heterocycles. The number of rotatable bonds is 7. The second-order valence-electron chi connectivity index (χ2n) is 8.69. The van der Waals surface area contributed by atoms with Crippen molar-refractivity contribution in [3.63, 3.8) is 0 Å². The van der Waals surface area contributed by atoms with E-state index < -0.39 is 21.8 Å². The molecular formula is C25H33N3O5S. The van der Waals surface area contributed by atoms with Gasteiger partial charge in [0.1, 0.15) is 5.75 Å². The number of hydrogen-bond donors (Lipinski definition) is 2. The summed E-state index contributed by atoms with van der Waals surface area (Å²) in [5.74, 6) is -1.13. The standard InChI is InChI=1S/C25H33N3O5S/c1-17-15-18(2)23(19(3)16-17)34(31,32)28-14-8-7-9-20(28)12-13-26-24(29)25(30)27-21-10-5-6-11-22(21)33-4/h5-6,10-11,15-16,20H,7-9,12-14H2,1-4H3,(H,26,29)(H,27,30)/t20-/m0/s1. The highest BCUT2D eigenvalue weighted by Gasteiger charge is 2.35. The predicted molar refractivity (Wildman–Crippen MR) is 131 cm³/mol. The third kappa shape index (κ3) is 5.77. The Labute approximate surface area is 201 Å². The summed E-state index contributed by atoms with van der Waals surface area (Å²) in [5.41, 5.74) is 2.91. The van der Waals surface area contributed by atoms with Gasteiger partial charge in [0.15, 0.2) is 0 Å². The monoisotopic (exact) mass is 487 g/mol. The van der Waals surface area contributed by atoms with Crippen LogP contribution in [0.4, 0.5) is 5.69 Å². The van der Waals surface area contributed by atoms with Crippen molar-refractivity contribution in [1.29, 1.82) is 0 Å². The minimum absolute atomic E-state index is 0.195. The number of aryl methyl sites for hydroxylation is 3. The Hall–Kier alpha value is -2.91. The van der Waals surface area contributed by atoms with Crippen molar-refractivity contribution in [2.24, 2.45) is 0 Å². The van der Waals surface area contributed by atoms with Gasteiger partial charge < -0.3 is 15.4 Å². The number of sulfonamides is 1. The normalized spacial score (nSPS) is 16.6. The van der Waals surface area contributed by atoms with Crippen molar-refractivity contribution in [2.45, 2.75) is 57.4 Å². The molecule has 34 heavy (non-hydrogen) atoms. The Morgan fingerprint density at radius 2 is 1.74 bits per heavy atom. The van der Waals surface area contributed by atoms with Gasteiger partial charge in [0.05, 0.1) is 17.7 Å². The van der Waals surface area contributed by atoms with Crippen molar-refractivity contribution in [3.8, 4) is 5.75 Å². The number of amides is 2. The molecule has 0 unspecified atom stereocenters. The molecule has 3 rings (SSSR count). The Balaban J connectivity index is 1.64. The maximum Gasteiger partial charge on any atom is 0.313 e. The number of anilines is 1. The summed E-state index contributed by atoms with van der Waals surface area (Å²) in [6, 6.07) is 10.4. The third-order valence-corrected chi connectivity index (χ3v) is 8.33.